The van der Waals surface area contributed by atoms with E-state index in [9.17, 15) is 4.79 Å². The molecule has 94 valence electrons. The van der Waals surface area contributed by atoms with Gasteiger partial charge in [0.05, 0.1) is 17.8 Å². The molecule has 0 saturated heterocycles. The van der Waals surface area contributed by atoms with Gasteiger partial charge in [-0.15, -0.1) is 0 Å². The second-order valence-electron chi connectivity index (χ2n) is 3.98. The van der Waals surface area contributed by atoms with Crippen molar-refractivity contribution in [3.05, 3.63) is 41.7 Å². The third-order valence-corrected chi connectivity index (χ3v) is 2.67. The minimum absolute atomic E-state index is 0.228. The third-order valence-electron chi connectivity index (χ3n) is 2.67. The largest absolute Gasteiger partial charge is 0.399 e. The van der Waals surface area contributed by atoms with Crippen molar-refractivity contribution in [3.63, 3.8) is 0 Å². The molecule has 2 aromatic rings. The molecular formula is C12H15N5O. The molecule has 0 fully saturated rings. The predicted molar refractivity (Wildman–Crippen MR) is 69.6 cm³/mol. The molecule has 5 N–H and O–H groups in total. The zero-order valence-corrected chi connectivity index (χ0v) is 10.1. The quantitative estimate of drug-likeness (QED) is 0.686. The van der Waals surface area contributed by atoms with E-state index in [-0.39, 0.29) is 5.91 Å². The van der Waals surface area contributed by atoms with Gasteiger partial charge in [0.25, 0.3) is 5.91 Å². The molecular weight excluding hydrogens is 230 g/mol. The van der Waals surface area contributed by atoms with Crippen LogP contribution in [0.5, 0.6) is 0 Å². The number of aromatic nitrogens is 2. The van der Waals surface area contributed by atoms with Gasteiger partial charge in [0.2, 0.25) is 0 Å². The van der Waals surface area contributed by atoms with Gasteiger partial charge in [0.1, 0.15) is 0 Å². The fourth-order valence-corrected chi connectivity index (χ4v) is 1.63. The zero-order valence-electron chi connectivity index (χ0n) is 10.1. The van der Waals surface area contributed by atoms with E-state index in [1.807, 2.05) is 13.1 Å². The number of nitrogen functional groups attached to an aromatic ring is 2. The Balaban J connectivity index is 2.06. The van der Waals surface area contributed by atoms with Crippen molar-refractivity contribution >= 4 is 17.3 Å². The zero-order chi connectivity index (χ0) is 13.1. The maximum atomic E-state index is 11.9. The molecule has 18 heavy (non-hydrogen) atoms. The fourth-order valence-electron chi connectivity index (χ4n) is 1.63. The highest BCUT2D eigenvalue weighted by Gasteiger charge is 2.10. The first kappa shape index (κ1) is 12.0. The summed E-state index contributed by atoms with van der Waals surface area (Å²) in [5.74, 6) is -0.228. The van der Waals surface area contributed by atoms with Crippen LogP contribution in [0, 0.1) is 0 Å². The Labute approximate surface area is 105 Å². The van der Waals surface area contributed by atoms with Crippen LogP contribution in [0.15, 0.2) is 30.5 Å². The lowest BCUT2D eigenvalue weighted by atomic mass is 10.1. The average Bonchev–Trinajstić information content (AvgIpc) is 2.72. The maximum absolute atomic E-state index is 11.9. The Kier molecular flexibility index (Phi) is 3.18. The second kappa shape index (κ2) is 4.79. The van der Waals surface area contributed by atoms with Crippen molar-refractivity contribution in [2.45, 2.75) is 6.54 Å². The number of hydrogen-bond acceptors (Lipinski definition) is 4. The molecule has 1 aromatic carbocycles. The minimum atomic E-state index is -0.228. The topological polar surface area (TPSA) is 99.0 Å². The molecule has 6 heteroatoms. The van der Waals surface area contributed by atoms with Gasteiger partial charge in [0.15, 0.2) is 0 Å². The summed E-state index contributed by atoms with van der Waals surface area (Å²) in [4.78, 5) is 11.9. The summed E-state index contributed by atoms with van der Waals surface area (Å²) in [7, 11) is 1.82. The summed E-state index contributed by atoms with van der Waals surface area (Å²) in [6, 6.07) is 6.67. The smallest absolute Gasteiger partial charge is 0.253 e. The van der Waals surface area contributed by atoms with Gasteiger partial charge in [-0.1, -0.05) is 0 Å². The van der Waals surface area contributed by atoms with E-state index in [0.717, 1.165) is 5.69 Å². The number of anilines is 2. The summed E-state index contributed by atoms with van der Waals surface area (Å²) >= 11 is 0. The number of benzene rings is 1. The maximum Gasteiger partial charge on any atom is 0.253 e. The number of rotatable bonds is 3. The van der Waals surface area contributed by atoms with Crippen molar-refractivity contribution in [1.29, 1.82) is 0 Å². The third kappa shape index (κ3) is 2.42. The van der Waals surface area contributed by atoms with Crippen molar-refractivity contribution < 1.29 is 4.79 Å². The number of aryl methyl sites for hydroxylation is 1. The second-order valence-corrected chi connectivity index (χ2v) is 3.98. The number of nitrogens with two attached hydrogens (primary N) is 2. The van der Waals surface area contributed by atoms with Crippen molar-refractivity contribution in [2.75, 3.05) is 11.5 Å². The lowest BCUT2D eigenvalue weighted by Gasteiger charge is -2.08. The number of nitrogens with one attached hydrogen (secondary N) is 1. The number of carbonyl (C=O) groups excluding carboxylic acids is 1. The lowest BCUT2D eigenvalue weighted by molar-refractivity contribution is 0.0951. The molecule has 0 aliphatic carbocycles. The molecule has 2 rings (SSSR count). The van der Waals surface area contributed by atoms with Crippen LogP contribution in [0.2, 0.25) is 0 Å². The summed E-state index contributed by atoms with van der Waals surface area (Å²) < 4.78 is 1.70. The van der Waals surface area contributed by atoms with Gasteiger partial charge in [-0.2, -0.15) is 5.10 Å². The Morgan fingerprint density at radius 3 is 2.78 bits per heavy atom. The van der Waals surface area contributed by atoms with Gasteiger partial charge >= 0.3 is 0 Å². The van der Waals surface area contributed by atoms with Gasteiger partial charge in [-0.05, 0) is 24.3 Å². The molecule has 0 aliphatic heterocycles. The molecule has 6 nitrogen and oxygen atoms in total. The van der Waals surface area contributed by atoms with E-state index in [0.29, 0.717) is 23.5 Å². The molecule has 0 spiro atoms. The number of hydrogen-bond donors (Lipinski definition) is 3. The molecule has 1 heterocycles. The van der Waals surface area contributed by atoms with E-state index in [4.69, 9.17) is 11.5 Å². The first-order chi connectivity index (χ1) is 8.58. The van der Waals surface area contributed by atoms with Crippen molar-refractivity contribution in [1.82, 2.24) is 15.1 Å². The summed E-state index contributed by atoms with van der Waals surface area (Å²) in [6.07, 6.45) is 1.68. The Hall–Kier alpha value is -2.50. The number of amides is 1. The molecule has 1 amide bonds. The van der Waals surface area contributed by atoms with Crippen LogP contribution < -0.4 is 16.8 Å². The molecule has 0 unspecified atom stereocenters. The normalized spacial score (nSPS) is 10.3. The van der Waals surface area contributed by atoms with Gasteiger partial charge in [-0.3, -0.25) is 9.48 Å². The molecule has 0 radical (unpaired) electrons. The molecule has 0 bridgehead atoms. The summed E-state index contributed by atoms with van der Waals surface area (Å²) in [5, 5.41) is 6.80. The monoisotopic (exact) mass is 245 g/mol. The fraction of sp³-hybridized carbons (Fsp3) is 0.167. The molecule has 0 atom stereocenters. The van der Waals surface area contributed by atoms with Gasteiger partial charge in [0, 0.05) is 24.6 Å². The van der Waals surface area contributed by atoms with Gasteiger partial charge < -0.3 is 16.8 Å². The van der Waals surface area contributed by atoms with Crippen molar-refractivity contribution in [2.24, 2.45) is 7.05 Å². The SMILES string of the molecule is Cn1nccc1CNC(=O)c1ccc(N)cc1N. The molecule has 1 aromatic heterocycles. The van der Waals surface area contributed by atoms with E-state index >= 15 is 0 Å². The highest BCUT2D eigenvalue weighted by molar-refractivity contribution is 5.99. The Morgan fingerprint density at radius 2 is 2.17 bits per heavy atom. The van der Waals surface area contributed by atoms with E-state index < -0.39 is 0 Å². The van der Waals surface area contributed by atoms with Crippen molar-refractivity contribution in [3.8, 4) is 0 Å². The van der Waals surface area contributed by atoms with Crippen LogP contribution in [0.4, 0.5) is 11.4 Å². The van der Waals surface area contributed by atoms with Gasteiger partial charge in [-0.25, -0.2) is 0 Å². The minimum Gasteiger partial charge on any atom is -0.399 e. The van der Waals surface area contributed by atoms with Crippen LogP contribution in [0.25, 0.3) is 0 Å². The Bertz CT molecular complexity index is 576. The highest BCUT2D eigenvalue weighted by atomic mass is 16.1. The van der Waals surface area contributed by atoms with Crippen LogP contribution in [-0.4, -0.2) is 15.7 Å². The van der Waals surface area contributed by atoms with E-state index in [1.54, 1.807) is 29.1 Å². The molecule has 0 saturated carbocycles. The van der Waals surface area contributed by atoms with Crippen LogP contribution in [-0.2, 0) is 13.6 Å². The highest BCUT2D eigenvalue weighted by Crippen LogP contribution is 2.15. The number of carbonyl (C=O) groups is 1. The summed E-state index contributed by atoms with van der Waals surface area (Å²) in [5.41, 5.74) is 13.6. The first-order valence-electron chi connectivity index (χ1n) is 5.48. The van der Waals surface area contributed by atoms with Crippen LogP contribution >= 0.6 is 0 Å². The first-order valence-corrected chi connectivity index (χ1v) is 5.48. The van der Waals surface area contributed by atoms with E-state index in [2.05, 4.69) is 10.4 Å². The summed E-state index contributed by atoms with van der Waals surface area (Å²) in [6.45, 7) is 0.402. The average molecular weight is 245 g/mol. The molecule has 0 aliphatic rings. The predicted octanol–water partition coefficient (Wildman–Crippen LogP) is 0.515. The standard InChI is InChI=1S/C12H15N5O/c1-17-9(4-5-16-17)7-15-12(18)10-3-2-8(13)6-11(10)14/h2-6H,7,13-14H2,1H3,(H,15,18). The number of nitrogens with zero attached hydrogens (tertiary/aromatic N) is 2. The van der Waals surface area contributed by atoms with Crippen LogP contribution in [0.1, 0.15) is 16.1 Å². The Morgan fingerprint density at radius 1 is 1.39 bits per heavy atom. The van der Waals surface area contributed by atoms with Crippen LogP contribution in [0.3, 0.4) is 0 Å². The lowest BCUT2D eigenvalue weighted by Crippen LogP contribution is -2.25. The van der Waals surface area contributed by atoms with E-state index in [1.165, 1.54) is 0 Å².